The summed E-state index contributed by atoms with van der Waals surface area (Å²) in [5, 5.41) is 7.83. The van der Waals surface area contributed by atoms with E-state index < -0.39 is 0 Å². The minimum Gasteiger partial charge on any atom is -0.313 e. The number of nitrogens with zero attached hydrogens (tertiary/aromatic N) is 4. The van der Waals surface area contributed by atoms with Crippen molar-refractivity contribution in [2.24, 2.45) is 0 Å². The van der Waals surface area contributed by atoms with Crippen LogP contribution in [0.15, 0.2) is 29.2 Å². The molecule has 1 N–H and O–H groups in total. The Morgan fingerprint density at radius 2 is 2.40 bits per heavy atom. The largest absolute Gasteiger partial charge is 0.350 e. The molecule has 0 aromatic carbocycles. The number of likely N-dealkylation sites (N-methyl/N-ethyl adjacent to an activating group) is 1. The van der Waals surface area contributed by atoms with Gasteiger partial charge in [0, 0.05) is 25.3 Å². The first-order valence-electron chi connectivity index (χ1n) is 7.20. The van der Waals surface area contributed by atoms with Crippen molar-refractivity contribution in [3.05, 3.63) is 34.9 Å². The lowest BCUT2D eigenvalue weighted by Gasteiger charge is -2.20. The molecule has 1 unspecified atom stereocenters. The number of aromatic nitrogens is 3. The number of nitrogens with one attached hydrogen (secondary N) is 1. The smallest absolute Gasteiger partial charge is 0.313 e. The molecular weight excluding hydrogens is 254 g/mol. The molecule has 0 radical (unpaired) electrons. The highest BCUT2D eigenvalue weighted by atomic mass is 16.2. The first kappa shape index (κ1) is 13.3. The fourth-order valence-corrected chi connectivity index (χ4v) is 2.76. The summed E-state index contributed by atoms with van der Waals surface area (Å²) in [6.45, 7) is 3.62. The van der Waals surface area contributed by atoms with Gasteiger partial charge in [-0.1, -0.05) is 6.07 Å². The molecule has 0 amide bonds. The third-order valence-electron chi connectivity index (χ3n) is 3.88. The zero-order chi connectivity index (χ0) is 13.9. The Balaban J connectivity index is 1.61. The van der Waals surface area contributed by atoms with Crippen LogP contribution in [0.3, 0.4) is 0 Å². The molecule has 0 spiro atoms. The molecule has 1 atom stereocenters. The lowest BCUT2D eigenvalue weighted by atomic mass is 10.2. The van der Waals surface area contributed by atoms with Gasteiger partial charge < -0.3 is 10.2 Å². The van der Waals surface area contributed by atoms with E-state index in [0.29, 0.717) is 18.2 Å². The molecule has 3 heterocycles. The Kier molecular flexibility index (Phi) is 3.84. The number of hydrogen-bond donors (Lipinski definition) is 1. The minimum absolute atomic E-state index is 0.0620. The Labute approximate surface area is 118 Å². The molecule has 20 heavy (non-hydrogen) atoms. The van der Waals surface area contributed by atoms with Gasteiger partial charge in [-0.25, -0.2) is 9.48 Å². The Bertz CT molecular complexity index is 626. The fraction of sp³-hybridized carbons (Fsp3) is 0.571. The summed E-state index contributed by atoms with van der Waals surface area (Å²) in [5.74, 6) is 0. The number of hydrogen-bond acceptors (Lipinski definition) is 4. The third kappa shape index (κ3) is 2.76. The van der Waals surface area contributed by atoms with E-state index in [4.69, 9.17) is 0 Å². The van der Waals surface area contributed by atoms with E-state index in [1.165, 1.54) is 12.8 Å². The molecule has 1 fully saturated rings. The van der Waals surface area contributed by atoms with Crippen LogP contribution in [-0.4, -0.2) is 51.8 Å². The van der Waals surface area contributed by atoms with Crippen molar-refractivity contribution in [3.8, 4) is 0 Å². The molecule has 2 aromatic heterocycles. The molecule has 1 saturated heterocycles. The Hall–Kier alpha value is -1.66. The van der Waals surface area contributed by atoms with E-state index in [-0.39, 0.29) is 5.69 Å². The molecule has 0 aliphatic carbocycles. The van der Waals surface area contributed by atoms with E-state index in [0.717, 1.165) is 19.6 Å². The third-order valence-corrected chi connectivity index (χ3v) is 3.88. The van der Waals surface area contributed by atoms with Crippen molar-refractivity contribution >= 4 is 5.65 Å². The van der Waals surface area contributed by atoms with Gasteiger partial charge in [0.15, 0.2) is 5.65 Å². The fourth-order valence-electron chi connectivity index (χ4n) is 2.76. The second-order valence-electron chi connectivity index (χ2n) is 5.49. The van der Waals surface area contributed by atoms with Gasteiger partial charge in [-0.3, -0.25) is 4.40 Å². The summed E-state index contributed by atoms with van der Waals surface area (Å²) in [6, 6.07) is 6.18. The maximum atomic E-state index is 12.1. The standard InChI is InChI=1S/C14H21N5O/c1-17(11-12-5-4-7-15-12)9-10-19-14(20)18-8-3-2-6-13(18)16-19/h2-3,6,8,12,15H,4-5,7,9-11H2,1H3. The number of fused-ring (bicyclic) bond motifs is 1. The average Bonchev–Trinajstić information content (AvgIpc) is 3.06. The van der Waals surface area contributed by atoms with Crippen molar-refractivity contribution in [3.63, 3.8) is 0 Å². The summed E-state index contributed by atoms with van der Waals surface area (Å²) >= 11 is 0. The number of pyridine rings is 1. The van der Waals surface area contributed by atoms with Crippen LogP contribution < -0.4 is 11.0 Å². The van der Waals surface area contributed by atoms with E-state index in [1.54, 1.807) is 15.3 Å². The van der Waals surface area contributed by atoms with Crippen LogP contribution in [-0.2, 0) is 6.54 Å². The topological polar surface area (TPSA) is 54.6 Å². The molecule has 3 rings (SSSR count). The summed E-state index contributed by atoms with van der Waals surface area (Å²) in [4.78, 5) is 14.4. The van der Waals surface area contributed by atoms with Crippen molar-refractivity contribution in [1.82, 2.24) is 24.4 Å². The summed E-state index contributed by atoms with van der Waals surface area (Å²) < 4.78 is 3.13. The van der Waals surface area contributed by atoms with Gasteiger partial charge in [0.1, 0.15) is 0 Å². The second-order valence-corrected chi connectivity index (χ2v) is 5.49. The van der Waals surface area contributed by atoms with E-state index in [1.807, 2.05) is 18.2 Å². The second kappa shape index (κ2) is 5.76. The van der Waals surface area contributed by atoms with Crippen LogP contribution in [0.25, 0.3) is 5.65 Å². The summed E-state index contributed by atoms with van der Waals surface area (Å²) in [6.07, 6.45) is 4.27. The van der Waals surface area contributed by atoms with Gasteiger partial charge in [-0.05, 0) is 38.6 Å². The van der Waals surface area contributed by atoms with Crippen LogP contribution >= 0.6 is 0 Å². The molecule has 6 heteroatoms. The van der Waals surface area contributed by atoms with Gasteiger partial charge in [-0.2, -0.15) is 0 Å². The first-order chi connectivity index (χ1) is 9.74. The number of rotatable bonds is 5. The van der Waals surface area contributed by atoms with Crippen LogP contribution in [0.4, 0.5) is 0 Å². The van der Waals surface area contributed by atoms with Crippen LogP contribution in [0.1, 0.15) is 12.8 Å². The highest BCUT2D eigenvalue weighted by Crippen LogP contribution is 2.05. The molecule has 1 aliphatic rings. The first-order valence-corrected chi connectivity index (χ1v) is 7.20. The summed E-state index contributed by atoms with van der Waals surface area (Å²) in [7, 11) is 2.10. The average molecular weight is 275 g/mol. The zero-order valence-corrected chi connectivity index (χ0v) is 11.8. The van der Waals surface area contributed by atoms with Gasteiger partial charge in [0.2, 0.25) is 0 Å². The Morgan fingerprint density at radius 3 is 3.15 bits per heavy atom. The maximum absolute atomic E-state index is 12.1. The van der Waals surface area contributed by atoms with Crippen molar-refractivity contribution in [2.75, 3.05) is 26.7 Å². The minimum atomic E-state index is -0.0620. The van der Waals surface area contributed by atoms with Crippen molar-refractivity contribution in [2.45, 2.75) is 25.4 Å². The molecule has 6 nitrogen and oxygen atoms in total. The highest BCUT2D eigenvalue weighted by molar-refractivity contribution is 5.35. The lowest BCUT2D eigenvalue weighted by Crippen LogP contribution is -2.37. The normalized spacial score (nSPS) is 19.2. The van der Waals surface area contributed by atoms with Crippen LogP contribution in [0.5, 0.6) is 0 Å². The molecule has 108 valence electrons. The molecule has 0 bridgehead atoms. The van der Waals surface area contributed by atoms with E-state index in [2.05, 4.69) is 22.4 Å². The maximum Gasteiger partial charge on any atom is 0.350 e. The highest BCUT2D eigenvalue weighted by Gasteiger charge is 2.16. The quantitative estimate of drug-likeness (QED) is 0.846. The lowest BCUT2D eigenvalue weighted by molar-refractivity contribution is 0.282. The van der Waals surface area contributed by atoms with Crippen LogP contribution in [0, 0.1) is 0 Å². The van der Waals surface area contributed by atoms with E-state index in [9.17, 15) is 4.79 Å². The van der Waals surface area contributed by atoms with Gasteiger partial charge in [0.05, 0.1) is 6.54 Å². The molecule has 0 saturated carbocycles. The molecular formula is C14H21N5O. The van der Waals surface area contributed by atoms with Crippen LogP contribution in [0.2, 0.25) is 0 Å². The van der Waals surface area contributed by atoms with Crippen molar-refractivity contribution in [1.29, 1.82) is 0 Å². The monoisotopic (exact) mass is 275 g/mol. The van der Waals surface area contributed by atoms with Gasteiger partial charge in [0.25, 0.3) is 0 Å². The van der Waals surface area contributed by atoms with E-state index >= 15 is 0 Å². The van der Waals surface area contributed by atoms with Gasteiger partial charge in [-0.15, -0.1) is 5.10 Å². The SMILES string of the molecule is CN(CCn1nc2ccccn2c1=O)CC1CCCN1. The summed E-state index contributed by atoms with van der Waals surface area (Å²) in [5.41, 5.74) is 0.644. The Morgan fingerprint density at radius 1 is 1.50 bits per heavy atom. The van der Waals surface area contributed by atoms with Gasteiger partial charge >= 0.3 is 5.69 Å². The zero-order valence-electron chi connectivity index (χ0n) is 11.8. The predicted octanol–water partition coefficient (Wildman–Crippen LogP) is 0.180. The molecule has 1 aliphatic heterocycles. The predicted molar refractivity (Wildman–Crippen MR) is 78.0 cm³/mol. The van der Waals surface area contributed by atoms with Crippen molar-refractivity contribution < 1.29 is 0 Å². The molecule has 2 aromatic rings.